The Balaban J connectivity index is 1.93. The van der Waals surface area contributed by atoms with E-state index in [2.05, 4.69) is 41.6 Å². The highest BCUT2D eigenvalue weighted by Gasteiger charge is 2.16. The van der Waals surface area contributed by atoms with Crippen molar-refractivity contribution in [3.8, 4) is 0 Å². The second-order valence-corrected chi connectivity index (χ2v) is 5.78. The number of fused-ring (bicyclic) bond motifs is 1. The lowest BCUT2D eigenvalue weighted by Crippen LogP contribution is -2.21. The SMILES string of the molecule is Cc1cc(C)c2sc(NC3CCNC3)nc2c1. The topological polar surface area (TPSA) is 37.0 Å². The average Bonchev–Trinajstić information content (AvgIpc) is 2.87. The zero-order valence-electron chi connectivity index (χ0n) is 10.2. The molecule has 1 aromatic carbocycles. The Bertz CT molecular complexity index is 541. The Labute approximate surface area is 105 Å². The normalized spacial score (nSPS) is 20.0. The van der Waals surface area contributed by atoms with E-state index in [9.17, 15) is 0 Å². The van der Waals surface area contributed by atoms with E-state index in [-0.39, 0.29) is 0 Å². The van der Waals surface area contributed by atoms with Crippen LogP contribution in [0.25, 0.3) is 10.2 Å². The molecular formula is C13H17N3S. The molecule has 1 saturated heterocycles. The first kappa shape index (κ1) is 11.0. The minimum atomic E-state index is 0.539. The van der Waals surface area contributed by atoms with Gasteiger partial charge in [-0.2, -0.15) is 0 Å². The maximum Gasteiger partial charge on any atom is 0.184 e. The van der Waals surface area contributed by atoms with Crippen molar-refractivity contribution in [1.29, 1.82) is 0 Å². The van der Waals surface area contributed by atoms with E-state index < -0.39 is 0 Å². The van der Waals surface area contributed by atoms with Gasteiger partial charge >= 0.3 is 0 Å². The molecule has 3 rings (SSSR count). The van der Waals surface area contributed by atoms with Gasteiger partial charge < -0.3 is 10.6 Å². The van der Waals surface area contributed by atoms with E-state index in [0.29, 0.717) is 6.04 Å². The van der Waals surface area contributed by atoms with Gasteiger partial charge in [-0.25, -0.2) is 4.98 Å². The van der Waals surface area contributed by atoms with Crippen molar-refractivity contribution in [2.24, 2.45) is 0 Å². The third-order valence-electron chi connectivity index (χ3n) is 3.21. The number of aryl methyl sites for hydroxylation is 2. The Morgan fingerprint density at radius 1 is 1.41 bits per heavy atom. The quantitative estimate of drug-likeness (QED) is 0.856. The van der Waals surface area contributed by atoms with Crippen molar-refractivity contribution in [3.63, 3.8) is 0 Å². The molecule has 1 aliphatic rings. The molecule has 4 heteroatoms. The van der Waals surface area contributed by atoms with Gasteiger partial charge in [-0.1, -0.05) is 17.4 Å². The van der Waals surface area contributed by atoms with Gasteiger partial charge in [-0.05, 0) is 44.0 Å². The van der Waals surface area contributed by atoms with Crippen molar-refractivity contribution in [2.45, 2.75) is 26.3 Å². The van der Waals surface area contributed by atoms with Crippen molar-refractivity contribution in [3.05, 3.63) is 23.3 Å². The highest BCUT2D eigenvalue weighted by molar-refractivity contribution is 7.22. The molecule has 0 radical (unpaired) electrons. The van der Waals surface area contributed by atoms with Crippen LogP contribution in [0.2, 0.25) is 0 Å². The van der Waals surface area contributed by atoms with E-state index in [1.54, 1.807) is 11.3 Å². The van der Waals surface area contributed by atoms with Gasteiger partial charge in [0.05, 0.1) is 10.2 Å². The molecule has 90 valence electrons. The molecule has 1 atom stereocenters. The van der Waals surface area contributed by atoms with Crippen LogP contribution in [-0.2, 0) is 0 Å². The van der Waals surface area contributed by atoms with Gasteiger partial charge in [0.2, 0.25) is 0 Å². The van der Waals surface area contributed by atoms with E-state index in [4.69, 9.17) is 0 Å². The van der Waals surface area contributed by atoms with Crippen LogP contribution in [0.3, 0.4) is 0 Å². The van der Waals surface area contributed by atoms with Gasteiger partial charge in [0, 0.05) is 12.6 Å². The van der Waals surface area contributed by atoms with Crippen molar-refractivity contribution in [2.75, 3.05) is 18.4 Å². The first-order valence-corrected chi connectivity index (χ1v) is 6.89. The summed E-state index contributed by atoms with van der Waals surface area (Å²) in [6.07, 6.45) is 1.19. The van der Waals surface area contributed by atoms with Gasteiger partial charge in [-0.15, -0.1) is 0 Å². The van der Waals surface area contributed by atoms with E-state index >= 15 is 0 Å². The van der Waals surface area contributed by atoms with Crippen LogP contribution in [-0.4, -0.2) is 24.1 Å². The Kier molecular flexibility index (Phi) is 2.76. The summed E-state index contributed by atoms with van der Waals surface area (Å²) in [5, 5.41) is 7.94. The smallest absolute Gasteiger partial charge is 0.184 e. The maximum atomic E-state index is 4.68. The number of nitrogens with zero attached hydrogens (tertiary/aromatic N) is 1. The summed E-state index contributed by atoms with van der Waals surface area (Å²) < 4.78 is 1.31. The predicted molar refractivity (Wildman–Crippen MR) is 74.0 cm³/mol. The summed E-state index contributed by atoms with van der Waals surface area (Å²) in [4.78, 5) is 4.68. The number of aromatic nitrogens is 1. The van der Waals surface area contributed by atoms with Gasteiger partial charge in [-0.3, -0.25) is 0 Å². The molecule has 1 aliphatic heterocycles. The molecule has 0 spiro atoms. The molecular weight excluding hydrogens is 230 g/mol. The van der Waals surface area contributed by atoms with Crippen molar-refractivity contribution >= 4 is 26.7 Å². The molecule has 1 fully saturated rings. The second-order valence-electron chi connectivity index (χ2n) is 4.78. The fourth-order valence-electron chi connectivity index (χ4n) is 2.39. The number of thiazole rings is 1. The zero-order chi connectivity index (χ0) is 11.8. The lowest BCUT2D eigenvalue weighted by molar-refractivity contribution is 0.792. The molecule has 2 aromatic rings. The molecule has 1 aromatic heterocycles. The fourth-order valence-corrected chi connectivity index (χ4v) is 3.38. The lowest BCUT2D eigenvalue weighted by atomic mass is 10.1. The van der Waals surface area contributed by atoms with Crippen LogP contribution in [0.1, 0.15) is 17.5 Å². The van der Waals surface area contributed by atoms with Crippen molar-refractivity contribution < 1.29 is 0 Å². The van der Waals surface area contributed by atoms with Crippen LogP contribution >= 0.6 is 11.3 Å². The molecule has 0 aliphatic carbocycles. The molecule has 0 bridgehead atoms. The first-order chi connectivity index (χ1) is 8.22. The second kappa shape index (κ2) is 4.27. The number of nitrogens with one attached hydrogen (secondary N) is 2. The number of rotatable bonds is 2. The molecule has 0 amide bonds. The largest absolute Gasteiger partial charge is 0.357 e. The van der Waals surface area contributed by atoms with Gasteiger partial charge in [0.25, 0.3) is 0 Å². The van der Waals surface area contributed by atoms with Crippen LogP contribution < -0.4 is 10.6 Å². The minimum absolute atomic E-state index is 0.539. The number of anilines is 1. The van der Waals surface area contributed by atoms with Gasteiger partial charge in [0.1, 0.15) is 0 Å². The Hall–Kier alpha value is -1.13. The van der Waals surface area contributed by atoms with Crippen LogP contribution in [0.15, 0.2) is 12.1 Å². The zero-order valence-corrected chi connectivity index (χ0v) is 11.0. The molecule has 2 heterocycles. The van der Waals surface area contributed by atoms with Crippen LogP contribution in [0, 0.1) is 13.8 Å². The summed E-state index contributed by atoms with van der Waals surface area (Å²) in [5.74, 6) is 0. The van der Waals surface area contributed by atoms with Gasteiger partial charge in [0.15, 0.2) is 5.13 Å². The van der Waals surface area contributed by atoms with E-state index in [1.165, 1.54) is 22.2 Å². The monoisotopic (exact) mass is 247 g/mol. The summed E-state index contributed by atoms with van der Waals surface area (Å²) in [6.45, 7) is 6.45. The molecule has 2 N–H and O–H groups in total. The number of hydrogen-bond donors (Lipinski definition) is 2. The third kappa shape index (κ3) is 2.15. The number of hydrogen-bond acceptors (Lipinski definition) is 4. The van der Waals surface area contributed by atoms with E-state index in [0.717, 1.165) is 23.7 Å². The number of benzene rings is 1. The van der Waals surface area contributed by atoms with E-state index in [1.807, 2.05) is 0 Å². The Morgan fingerprint density at radius 3 is 3.06 bits per heavy atom. The third-order valence-corrected chi connectivity index (χ3v) is 4.35. The van der Waals surface area contributed by atoms with Crippen LogP contribution in [0.5, 0.6) is 0 Å². The molecule has 0 saturated carbocycles. The molecule has 3 nitrogen and oxygen atoms in total. The van der Waals surface area contributed by atoms with Crippen molar-refractivity contribution in [1.82, 2.24) is 10.3 Å². The maximum absolute atomic E-state index is 4.68. The summed E-state index contributed by atoms with van der Waals surface area (Å²) in [6, 6.07) is 4.93. The average molecular weight is 247 g/mol. The summed E-state index contributed by atoms with van der Waals surface area (Å²) in [7, 11) is 0. The highest BCUT2D eigenvalue weighted by atomic mass is 32.1. The highest BCUT2D eigenvalue weighted by Crippen LogP contribution is 2.30. The fraction of sp³-hybridized carbons (Fsp3) is 0.462. The first-order valence-electron chi connectivity index (χ1n) is 6.07. The standard InChI is InChI=1S/C13H17N3S/c1-8-5-9(2)12-11(6-8)16-13(17-12)15-10-3-4-14-7-10/h5-6,10,14H,3-4,7H2,1-2H3,(H,15,16). The lowest BCUT2D eigenvalue weighted by Gasteiger charge is -2.08. The molecule has 17 heavy (non-hydrogen) atoms. The minimum Gasteiger partial charge on any atom is -0.357 e. The predicted octanol–water partition coefficient (Wildman–Crippen LogP) is 2.69. The Morgan fingerprint density at radius 2 is 2.29 bits per heavy atom. The summed E-state index contributed by atoms with van der Waals surface area (Å²) in [5.41, 5.74) is 3.74. The summed E-state index contributed by atoms with van der Waals surface area (Å²) >= 11 is 1.77. The molecule has 1 unspecified atom stereocenters. The van der Waals surface area contributed by atoms with Crippen LogP contribution in [0.4, 0.5) is 5.13 Å².